The molecule has 27 heavy (non-hydrogen) atoms. The Morgan fingerprint density at radius 3 is 2.30 bits per heavy atom. The molecule has 1 saturated carbocycles. The number of benzene rings is 1. The van der Waals surface area contributed by atoms with E-state index in [-0.39, 0.29) is 0 Å². The zero-order valence-corrected chi connectivity index (χ0v) is 15.5. The van der Waals surface area contributed by atoms with E-state index in [0.717, 1.165) is 12.8 Å². The first-order chi connectivity index (χ1) is 12.7. The molecule has 2 amide bonds. The standard InChI is InChI=1S/C20H26F2N2O3/c1-14(15-5-3-2-4-6-15)20(21,22)13-16(17(25)26)23-18(27)24-11-9-19(7-8-19)10-12-24/h2-6,14,16H,7-13H2,1H3,(H,23,27)(H,25,26). The van der Waals surface area contributed by atoms with Crippen LogP contribution in [0.2, 0.25) is 0 Å². The minimum atomic E-state index is -3.27. The van der Waals surface area contributed by atoms with Gasteiger partial charge in [-0.05, 0) is 36.7 Å². The predicted octanol–water partition coefficient (Wildman–Crippen LogP) is 3.85. The van der Waals surface area contributed by atoms with Crippen molar-refractivity contribution in [2.75, 3.05) is 13.1 Å². The molecule has 2 fully saturated rings. The van der Waals surface area contributed by atoms with Crippen molar-refractivity contribution < 1.29 is 23.5 Å². The number of nitrogens with zero attached hydrogens (tertiary/aromatic N) is 1. The molecule has 0 radical (unpaired) electrons. The molecule has 2 atom stereocenters. The van der Waals surface area contributed by atoms with Crippen molar-refractivity contribution >= 4 is 12.0 Å². The number of carboxylic acid groups (broad SMARTS) is 1. The Hall–Kier alpha value is -2.18. The number of carbonyl (C=O) groups excluding carboxylic acids is 1. The third-order valence-electron chi connectivity index (χ3n) is 6.07. The number of alkyl halides is 2. The molecule has 3 rings (SSSR count). The van der Waals surface area contributed by atoms with Gasteiger partial charge in [-0.2, -0.15) is 0 Å². The van der Waals surface area contributed by atoms with Crippen molar-refractivity contribution in [2.24, 2.45) is 5.41 Å². The molecule has 1 aromatic carbocycles. The second kappa shape index (κ2) is 7.44. The lowest BCUT2D eigenvalue weighted by Gasteiger charge is -2.33. The lowest BCUT2D eigenvalue weighted by Crippen LogP contribution is -2.52. The Labute approximate surface area is 157 Å². The monoisotopic (exact) mass is 380 g/mol. The predicted molar refractivity (Wildman–Crippen MR) is 96.9 cm³/mol. The molecule has 5 nitrogen and oxygen atoms in total. The molecule has 0 aromatic heterocycles. The highest BCUT2D eigenvalue weighted by atomic mass is 19.3. The maximum absolute atomic E-state index is 14.7. The van der Waals surface area contributed by atoms with E-state index in [0.29, 0.717) is 24.1 Å². The van der Waals surface area contributed by atoms with Crippen molar-refractivity contribution in [3.63, 3.8) is 0 Å². The molecule has 7 heteroatoms. The molecule has 148 valence electrons. The summed E-state index contributed by atoms with van der Waals surface area (Å²) in [6.07, 6.45) is 3.23. The van der Waals surface area contributed by atoms with E-state index in [9.17, 15) is 23.5 Å². The van der Waals surface area contributed by atoms with Gasteiger partial charge >= 0.3 is 12.0 Å². The number of carboxylic acids is 1. The SMILES string of the molecule is CC(c1ccccc1)C(F)(F)CC(NC(=O)N1CCC2(CC1)CC2)C(=O)O. The fraction of sp³-hybridized carbons (Fsp3) is 0.600. The second-order valence-corrected chi connectivity index (χ2v) is 7.92. The highest BCUT2D eigenvalue weighted by Crippen LogP contribution is 2.53. The third kappa shape index (κ3) is 4.57. The number of hydrogen-bond acceptors (Lipinski definition) is 2. The number of aliphatic carboxylic acids is 1. The van der Waals surface area contributed by atoms with Gasteiger partial charge in [0.1, 0.15) is 6.04 Å². The van der Waals surface area contributed by atoms with E-state index in [1.165, 1.54) is 24.7 Å². The summed E-state index contributed by atoms with van der Waals surface area (Å²) in [5, 5.41) is 11.7. The van der Waals surface area contributed by atoms with E-state index in [1.807, 2.05) is 0 Å². The topological polar surface area (TPSA) is 69.6 Å². The maximum atomic E-state index is 14.7. The van der Waals surface area contributed by atoms with Crippen LogP contribution < -0.4 is 5.32 Å². The van der Waals surface area contributed by atoms with Crippen LogP contribution >= 0.6 is 0 Å². The van der Waals surface area contributed by atoms with Gasteiger partial charge in [-0.3, -0.25) is 0 Å². The molecule has 0 bridgehead atoms. The zero-order chi connectivity index (χ0) is 19.7. The van der Waals surface area contributed by atoms with Crippen molar-refractivity contribution in [3.05, 3.63) is 35.9 Å². The molecular formula is C20H26F2N2O3. The number of carbonyl (C=O) groups is 2. The Kier molecular flexibility index (Phi) is 5.40. The highest BCUT2D eigenvalue weighted by molar-refractivity contribution is 5.82. The van der Waals surface area contributed by atoms with Crippen molar-refractivity contribution in [1.29, 1.82) is 0 Å². The van der Waals surface area contributed by atoms with Gasteiger partial charge in [0.25, 0.3) is 5.92 Å². The summed E-state index contributed by atoms with van der Waals surface area (Å²) in [5.74, 6) is -5.86. The smallest absolute Gasteiger partial charge is 0.326 e. The molecular weight excluding hydrogens is 354 g/mol. The fourth-order valence-corrected chi connectivity index (χ4v) is 3.74. The van der Waals surface area contributed by atoms with Crippen LogP contribution in [0.1, 0.15) is 50.5 Å². The number of urea groups is 1. The number of nitrogens with one attached hydrogen (secondary N) is 1. The van der Waals surface area contributed by atoms with Crippen LogP contribution in [0.5, 0.6) is 0 Å². The number of likely N-dealkylation sites (tertiary alicyclic amines) is 1. The molecule has 1 spiro atoms. The summed E-state index contributed by atoms with van der Waals surface area (Å²) in [5.41, 5.74) is 0.810. The third-order valence-corrected chi connectivity index (χ3v) is 6.07. The molecule has 2 unspecified atom stereocenters. The average Bonchev–Trinajstić information content (AvgIpc) is 3.40. The van der Waals surface area contributed by atoms with Gasteiger partial charge in [0.05, 0.1) is 0 Å². The Bertz CT molecular complexity index is 682. The quantitative estimate of drug-likeness (QED) is 0.787. The van der Waals surface area contributed by atoms with Gasteiger partial charge in [0.2, 0.25) is 0 Å². The molecule has 1 saturated heterocycles. The van der Waals surface area contributed by atoms with Crippen molar-refractivity contribution in [1.82, 2.24) is 10.2 Å². The first-order valence-electron chi connectivity index (χ1n) is 9.43. The van der Waals surface area contributed by atoms with Gasteiger partial charge < -0.3 is 15.3 Å². The molecule has 1 aliphatic heterocycles. The molecule has 1 aliphatic carbocycles. The molecule has 2 aliphatic rings. The van der Waals surface area contributed by atoms with Crippen LogP contribution in [0, 0.1) is 5.41 Å². The highest BCUT2D eigenvalue weighted by Gasteiger charge is 2.46. The van der Waals surface area contributed by atoms with E-state index < -0.39 is 36.3 Å². The number of piperidine rings is 1. The average molecular weight is 380 g/mol. The normalized spacial score (nSPS) is 20.8. The fourth-order valence-electron chi connectivity index (χ4n) is 3.74. The number of rotatable bonds is 6. The van der Waals surface area contributed by atoms with Crippen LogP contribution in [0.4, 0.5) is 13.6 Å². The first-order valence-corrected chi connectivity index (χ1v) is 9.43. The Morgan fingerprint density at radius 2 is 1.78 bits per heavy atom. The van der Waals surface area contributed by atoms with Crippen molar-refractivity contribution in [3.8, 4) is 0 Å². The summed E-state index contributed by atoms with van der Waals surface area (Å²) in [4.78, 5) is 25.4. The van der Waals surface area contributed by atoms with Gasteiger partial charge in [-0.15, -0.1) is 0 Å². The van der Waals surface area contributed by atoms with Gasteiger partial charge in [-0.25, -0.2) is 18.4 Å². The van der Waals surface area contributed by atoms with E-state index >= 15 is 0 Å². The van der Waals surface area contributed by atoms with Gasteiger partial charge in [0, 0.05) is 25.4 Å². The number of hydrogen-bond donors (Lipinski definition) is 2. The van der Waals surface area contributed by atoms with Crippen LogP contribution in [-0.4, -0.2) is 47.1 Å². The molecule has 1 heterocycles. The lowest BCUT2D eigenvalue weighted by atomic mass is 9.90. The van der Waals surface area contributed by atoms with Crippen LogP contribution in [-0.2, 0) is 4.79 Å². The van der Waals surface area contributed by atoms with Gasteiger partial charge in [0.15, 0.2) is 0 Å². The van der Waals surface area contributed by atoms with Crippen molar-refractivity contribution in [2.45, 2.75) is 56.9 Å². The molecule has 1 aromatic rings. The Balaban J connectivity index is 1.61. The lowest BCUT2D eigenvalue weighted by molar-refractivity contribution is -0.142. The number of amides is 2. The van der Waals surface area contributed by atoms with Crippen LogP contribution in [0.3, 0.4) is 0 Å². The second-order valence-electron chi connectivity index (χ2n) is 7.92. The van der Waals surface area contributed by atoms with E-state index in [2.05, 4.69) is 5.32 Å². The molecule has 2 N–H and O–H groups in total. The van der Waals surface area contributed by atoms with Crippen LogP contribution in [0.25, 0.3) is 0 Å². The zero-order valence-electron chi connectivity index (χ0n) is 15.5. The number of halogens is 2. The minimum absolute atomic E-state index is 0.376. The summed E-state index contributed by atoms with van der Waals surface area (Å²) in [6, 6.07) is 6.06. The van der Waals surface area contributed by atoms with E-state index in [1.54, 1.807) is 30.3 Å². The summed E-state index contributed by atoms with van der Waals surface area (Å²) in [7, 11) is 0. The van der Waals surface area contributed by atoms with Crippen LogP contribution in [0.15, 0.2) is 30.3 Å². The summed E-state index contributed by atoms with van der Waals surface area (Å²) >= 11 is 0. The summed E-state index contributed by atoms with van der Waals surface area (Å²) < 4.78 is 29.4. The van der Waals surface area contributed by atoms with Gasteiger partial charge in [-0.1, -0.05) is 37.3 Å². The summed E-state index contributed by atoms with van der Waals surface area (Å²) in [6.45, 7) is 2.47. The first kappa shape index (κ1) is 19.6. The minimum Gasteiger partial charge on any atom is -0.480 e. The maximum Gasteiger partial charge on any atom is 0.326 e. The van der Waals surface area contributed by atoms with E-state index in [4.69, 9.17) is 0 Å². The Morgan fingerprint density at radius 1 is 1.19 bits per heavy atom. The largest absolute Gasteiger partial charge is 0.480 e.